The fourth-order valence-electron chi connectivity index (χ4n) is 4.72. The Kier molecular flexibility index (Phi) is 7.65. The normalized spacial score (nSPS) is 42.2. The molecular formula is C18H37N5O3. The van der Waals surface area contributed by atoms with E-state index >= 15 is 0 Å². The van der Waals surface area contributed by atoms with Crippen molar-refractivity contribution in [2.24, 2.45) is 0 Å². The predicted molar refractivity (Wildman–Crippen MR) is 101 cm³/mol. The van der Waals surface area contributed by atoms with Gasteiger partial charge in [0.1, 0.15) is 6.10 Å². The molecule has 0 amide bonds. The lowest BCUT2D eigenvalue weighted by Gasteiger charge is -2.42. The molecule has 2 saturated heterocycles. The van der Waals surface area contributed by atoms with Crippen LogP contribution in [0.5, 0.6) is 0 Å². The average Bonchev–Trinajstić information content (AvgIpc) is 3.05. The van der Waals surface area contributed by atoms with Crippen LogP contribution in [-0.4, -0.2) is 95.6 Å². The van der Waals surface area contributed by atoms with Gasteiger partial charge >= 0.3 is 0 Å². The Morgan fingerprint density at radius 1 is 0.885 bits per heavy atom. The number of methoxy groups -OCH3 is 3. The van der Waals surface area contributed by atoms with Crippen molar-refractivity contribution in [2.45, 2.75) is 68.3 Å². The molecule has 8 heteroatoms. The minimum Gasteiger partial charge on any atom is -0.379 e. The highest BCUT2D eigenvalue weighted by molar-refractivity contribution is 4.94. The third-order valence-electron chi connectivity index (χ3n) is 6.06. The first-order valence-electron chi connectivity index (χ1n) is 9.91. The summed E-state index contributed by atoms with van der Waals surface area (Å²) in [6, 6.07) is 1.46. The third kappa shape index (κ3) is 5.14. The highest BCUT2D eigenvalue weighted by atomic mass is 16.6. The molecule has 26 heavy (non-hydrogen) atoms. The van der Waals surface area contributed by atoms with Crippen LogP contribution < -0.4 is 21.4 Å². The lowest BCUT2D eigenvalue weighted by Crippen LogP contribution is -2.60. The van der Waals surface area contributed by atoms with Gasteiger partial charge < -0.3 is 24.8 Å². The van der Waals surface area contributed by atoms with Crippen LogP contribution in [0.15, 0.2) is 0 Å². The van der Waals surface area contributed by atoms with Crippen molar-refractivity contribution in [3.8, 4) is 0 Å². The number of nitrogens with zero attached hydrogens (tertiary/aromatic N) is 1. The van der Waals surface area contributed by atoms with Gasteiger partial charge in [-0.2, -0.15) is 0 Å². The first kappa shape index (κ1) is 20.4. The van der Waals surface area contributed by atoms with E-state index in [0.29, 0.717) is 24.3 Å². The van der Waals surface area contributed by atoms with Crippen molar-refractivity contribution < 1.29 is 14.2 Å². The number of likely N-dealkylation sites (N-methyl/N-ethyl adjacent to an activating group) is 1. The van der Waals surface area contributed by atoms with Gasteiger partial charge in [0.15, 0.2) is 0 Å². The number of piperidine rings is 1. The minimum absolute atomic E-state index is 0.00337. The molecule has 4 N–H and O–H groups in total. The van der Waals surface area contributed by atoms with Crippen LogP contribution in [0.4, 0.5) is 0 Å². The van der Waals surface area contributed by atoms with Crippen molar-refractivity contribution in [3.63, 3.8) is 0 Å². The van der Waals surface area contributed by atoms with E-state index in [9.17, 15) is 0 Å². The summed E-state index contributed by atoms with van der Waals surface area (Å²) in [6.45, 7) is 3.12. The molecule has 0 radical (unpaired) electrons. The predicted octanol–water partition coefficient (Wildman–Crippen LogP) is -0.730. The standard InChI is InChI=1S/C18H37N5O3/c1-23-11-14(10-20-23)21-12-5-6-19-17(9-12)22-13-7-15(24-2)18(26-4)16(8-13)25-3/h12-22H,5-11H2,1-4H3. The zero-order valence-electron chi connectivity index (χ0n) is 16.7. The lowest BCUT2D eigenvalue weighted by atomic mass is 9.87. The maximum absolute atomic E-state index is 5.68. The maximum atomic E-state index is 5.68. The van der Waals surface area contributed by atoms with Gasteiger partial charge in [-0.1, -0.05) is 0 Å². The van der Waals surface area contributed by atoms with Crippen LogP contribution in [0, 0.1) is 0 Å². The van der Waals surface area contributed by atoms with Gasteiger partial charge in [-0.25, -0.2) is 5.01 Å². The van der Waals surface area contributed by atoms with Crippen LogP contribution in [-0.2, 0) is 14.2 Å². The van der Waals surface area contributed by atoms with Crippen molar-refractivity contribution in [3.05, 3.63) is 0 Å². The van der Waals surface area contributed by atoms with E-state index in [1.54, 1.807) is 21.3 Å². The Bertz CT molecular complexity index is 416. The summed E-state index contributed by atoms with van der Waals surface area (Å²) in [5.41, 5.74) is 3.37. The van der Waals surface area contributed by atoms with Gasteiger partial charge in [0.2, 0.25) is 0 Å². The number of ether oxygens (including phenoxy) is 3. The van der Waals surface area contributed by atoms with Gasteiger partial charge in [0.05, 0.1) is 18.4 Å². The molecule has 3 fully saturated rings. The Hall–Kier alpha value is -0.320. The second-order valence-corrected chi connectivity index (χ2v) is 7.92. The first-order valence-corrected chi connectivity index (χ1v) is 9.91. The van der Waals surface area contributed by atoms with Crippen LogP contribution >= 0.6 is 0 Å². The lowest BCUT2D eigenvalue weighted by molar-refractivity contribution is -0.135. The van der Waals surface area contributed by atoms with E-state index in [1.807, 2.05) is 0 Å². The van der Waals surface area contributed by atoms with Crippen molar-refractivity contribution in [1.82, 2.24) is 26.4 Å². The number of hydrogen-bond donors (Lipinski definition) is 4. The number of hydrazine groups is 1. The summed E-state index contributed by atoms with van der Waals surface area (Å²) < 4.78 is 17.0. The Morgan fingerprint density at radius 2 is 1.62 bits per heavy atom. The highest BCUT2D eigenvalue weighted by Gasteiger charge is 2.39. The zero-order valence-corrected chi connectivity index (χ0v) is 16.7. The van der Waals surface area contributed by atoms with Crippen molar-refractivity contribution >= 4 is 0 Å². The van der Waals surface area contributed by atoms with E-state index < -0.39 is 0 Å². The number of rotatable bonds is 7. The fourth-order valence-corrected chi connectivity index (χ4v) is 4.72. The third-order valence-corrected chi connectivity index (χ3v) is 6.06. The van der Waals surface area contributed by atoms with Crippen LogP contribution in [0.2, 0.25) is 0 Å². The van der Waals surface area contributed by atoms with E-state index in [1.165, 1.54) is 6.42 Å². The van der Waals surface area contributed by atoms with E-state index in [-0.39, 0.29) is 18.3 Å². The Labute approximate surface area is 157 Å². The second-order valence-electron chi connectivity index (χ2n) is 7.92. The van der Waals surface area contributed by atoms with Crippen molar-refractivity contribution in [2.75, 3.05) is 48.0 Å². The summed E-state index contributed by atoms with van der Waals surface area (Å²) in [5.74, 6) is 0. The molecule has 0 aromatic carbocycles. The zero-order chi connectivity index (χ0) is 18.5. The summed E-state index contributed by atoms with van der Waals surface area (Å²) >= 11 is 0. The fraction of sp³-hybridized carbons (Fsp3) is 1.00. The van der Waals surface area contributed by atoms with Crippen LogP contribution in [0.1, 0.15) is 25.7 Å². The van der Waals surface area contributed by atoms with E-state index in [4.69, 9.17) is 14.2 Å². The number of nitrogens with one attached hydrogen (secondary N) is 4. The molecule has 0 bridgehead atoms. The number of hydrogen-bond acceptors (Lipinski definition) is 8. The molecule has 0 aromatic rings. The SMILES string of the molecule is COC1CC(NC2CC(NC3CNN(C)C3)CCN2)CC(OC)C1OC. The molecule has 152 valence electrons. The van der Waals surface area contributed by atoms with Gasteiger partial charge in [-0.3, -0.25) is 10.7 Å². The van der Waals surface area contributed by atoms with Gasteiger partial charge in [0, 0.05) is 59.6 Å². The summed E-state index contributed by atoms with van der Waals surface area (Å²) in [7, 11) is 7.36. The van der Waals surface area contributed by atoms with E-state index in [0.717, 1.165) is 38.9 Å². The van der Waals surface area contributed by atoms with Gasteiger partial charge in [-0.05, 0) is 32.2 Å². The molecule has 5 unspecified atom stereocenters. The maximum Gasteiger partial charge on any atom is 0.109 e. The Morgan fingerprint density at radius 3 is 2.19 bits per heavy atom. The molecule has 0 aromatic heterocycles. The average molecular weight is 372 g/mol. The largest absolute Gasteiger partial charge is 0.379 e. The van der Waals surface area contributed by atoms with Crippen LogP contribution in [0.3, 0.4) is 0 Å². The molecule has 1 saturated carbocycles. The van der Waals surface area contributed by atoms with Gasteiger partial charge in [0.25, 0.3) is 0 Å². The molecule has 8 nitrogen and oxygen atoms in total. The first-order chi connectivity index (χ1) is 12.6. The molecular weight excluding hydrogens is 334 g/mol. The summed E-state index contributed by atoms with van der Waals surface area (Å²) in [5, 5.41) is 13.4. The topological polar surface area (TPSA) is 79.1 Å². The van der Waals surface area contributed by atoms with Gasteiger partial charge in [-0.15, -0.1) is 0 Å². The Balaban J connectivity index is 1.49. The highest BCUT2D eigenvalue weighted by Crippen LogP contribution is 2.27. The smallest absolute Gasteiger partial charge is 0.109 e. The molecule has 5 atom stereocenters. The van der Waals surface area contributed by atoms with Crippen LogP contribution in [0.25, 0.3) is 0 Å². The summed E-state index contributed by atoms with van der Waals surface area (Å²) in [4.78, 5) is 0. The molecule has 2 heterocycles. The van der Waals surface area contributed by atoms with E-state index in [2.05, 4.69) is 33.4 Å². The summed E-state index contributed by atoms with van der Waals surface area (Å²) in [6.07, 6.45) is 4.62. The molecule has 3 rings (SSSR count). The van der Waals surface area contributed by atoms with Crippen molar-refractivity contribution in [1.29, 1.82) is 0 Å². The molecule has 2 aliphatic heterocycles. The quantitative estimate of drug-likeness (QED) is 0.467. The minimum atomic E-state index is 0.00337. The molecule has 3 aliphatic rings. The molecule has 1 aliphatic carbocycles. The second kappa shape index (κ2) is 9.75. The monoisotopic (exact) mass is 371 g/mol. The molecule has 0 spiro atoms.